The Balaban J connectivity index is 2.34. The van der Waals surface area contributed by atoms with Crippen molar-refractivity contribution in [1.82, 2.24) is 0 Å². The van der Waals surface area contributed by atoms with Crippen LogP contribution in [0.5, 0.6) is 0 Å². The largest absolute Gasteiger partial charge is 0.288 e. The Hall–Kier alpha value is -2.53. The minimum Gasteiger partial charge on any atom is -0.288 e. The first-order valence-corrected chi connectivity index (χ1v) is 9.37. The number of carbonyl (C=O) groups is 2. The van der Waals surface area contributed by atoms with Crippen molar-refractivity contribution >= 4 is 27.0 Å². The fraction of sp³-hybridized carbons (Fsp3) is 0.111. The molecule has 0 heterocycles. The quantitative estimate of drug-likeness (QED) is 0.629. The van der Waals surface area contributed by atoms with Crippen LogP contribution in [0.3, 0.4) is 0 Å². The first-order valence-electron chi connectivity index (χ1n) is 7.04. The fourth-order valence-electron chi connectivity index (χ4n) is 2.53. The fourth-order valence-corrected chi connectivity index (χ4v) is 3.16. The molecule has 23 heavy (non-hydrogen) atoms. The molecule has 0 bridgehead atoms. The Morgan fingerprint density at radius 3 is 1.78 bits per heavy atom. The lowest BCUT2D eigenvalue weighted by Crippen LogP contribution is -2.06. The van der Waals surface area contributed by atoms with Crippen LogP contribution < -0.4 is 0 Å². The Morgan fingerprint density at radius 1 is 0.826 bits per heavy atom. The Bertz CT molecular complexity index is 920. The highest BCUT2D eigenvalue weighted by Crippen LogP contribution is 2.33. The molecule has 0 aliphatic heterocycles. The molecule has 0 fully saturated rings. The Morgan fingerprint density at radius 2 is 1.30 bits per heavy atom. The first-order chi connectivity index (χ1) is 10.9. The third kappa shape index (κ3) is 2.87. The molecule has 0 N–H and O–H groups in total. The van der Waals surface area contributed by atoms with Crippen LogP contribution in [0.2, 0.25) is 0 Å². The second-order valence-corrected chi connectivity index (χ2v) is 8.11. The molecule has 4 nitrogen and oxygen atoms in total. The van der Waals surface area contributed by atoms with E-state index in [0.29, 0.717) is 16.7 Å². The van der Waals surface area contributed by atoms with Crippen molar-refractivity contribution < 1.29 is 13.8 Å². The predicted molar refractivity (Wildman–Crippen MR) is 90.9 cm³/mol. The number of Topliss-reactive ketones (excluding diaryl/α,β-unsaturated/α-hetero) is 2. The van der Waals surface area contributed by atoms with E-state index in [9.17, 15) is 13.8 Å². The summed E-state index contributed by atoms with van der Waals surface area (Å²) in [4.78, 5) is 25.4. The van der Waals surface area contributed by atoms with Gasteiger partial charge >= 0.3 is 0 Å². The predicted octanol–water partition coefficient (Wildman–Crippen LogP) is 3.20. The zero-order valence-corrected chi connectivity index (χ0v) is 13.6. The summed E-state index contributed by atoms with van der Waals surface area (Å²) in [6, 6.07) is 15.6. The van der Waals surface area contributed by atoms with Crippen LogP contribution in [0, 0.1) is 0 Å². The van der Waals surface area contributed by atoms with Crippen LogP contribution in [0.1, 0.15) is 26.3 Å². The SMILES string of the molecule is CS(C)(=O)=NC(=C1C(=O)c2ccccc2C1=O)c1ccccc1. The van der Waals surface area contributed by atoms with Crippen molar-refractivity contribution in [3.05, 3.63) is 76.9 Å². The Labute approximate surface area is 135 Å². The zero-order valence-electron chi connectivity index (χ0n) is 12.8. The standard InChI is InChI=1S/C18H15NO3S/c1-23(2,22)19-16(12-8-4-3-5-9-12)15-17(20)13-10-6-7-11-14(13)18(15)21/h3-11H,1-2H3. The van der Waals surface area contributed by atoms with Crippen molar-refractivity contribution in [3.8, 4) is 0 Å². The maximum atomic E-state index is 12.7. The van der Waals surface area contributed by atoms with Crippen LogP contribution in [-0.4, -0.2) is 28.3 Å². The molecule has 0 spiro atoms. The molecule has 1 aliphatic carbocycles. The van der Waals surface area contributed by atoms with E-state index >= 15 is 0 Å². The van der Waals surface area contributed by atoms with Crippen LogP contribution in [0.25, 0.3) is 5.70 Å². The van der Waals surface area contributed by atoms with E-state index in [1.165, 1.54) is 12.5 Å². The van der Waals surface area contributed by atoms with Gasteiger partial charge in [0.15, 0.2) is 11.6 Å². The second-order valence-electron chi connectivity index (χ2n) is 5.57. The molecule has 0 atom stereocenters. The lowest BCUT2D eigenvalue weighted by Gasteiger charge is -2.07. The van der Waals surface area contributed by atoms with Gasteiger partial charge in [-0.1, -0.05) is 54.6 Å². The van der Waals surface area contributed by atoms with Gasteiger partial charge in [0.25, 0.3) is 0 Å². The normalized spacial score (nSPS) is 13.9. The maximum Gasteiger partial charge on any atom is 0.199 e. The molecule has 0 aromatic heterocycles. The van der Waals surface area contributed by atoms with Crippen LogP contribution in [0.4, 0.5) is 0 Å². The molecule has 116 valence electrons. The third-order valence-electron chi connectivity index (χ3n) is 3.47. The smallest absolute Gasteiger partial charge is 0.199 e. The van der Waals surface area contributed by atoms with Gasteiger partial charge in [0, 0.05) is 38.9 Å². The first kappa shape index (κ1) is 15.4. The Kier molecular flexibility index (Phi) is 3.74. The van der Waals surface area contributed by atoms with Gasteiger partial charge in [0.05, 0.1) is 11.3 Å². The number of ketones is 2. The summed E-state index contributed by atoms with van der Waals surface area (Å²) in [5.41, 5.74) is 1.54. The second kappa shape index (κ2) is 5.59. The number of nitrogens with zero attached hydrogens (tertiary/aromatic N) is 1. The topological polar surface area (TPSA) is 63.6 Å². The molecule has 2 aromatic carbocycles. The van der Waals surface area contributed by atoms with Gasteiger partial charge in [0.1, 0.15) is 0 Å². The molecule has 0 amide bonds. The number of benzene rings is 2. The summed E-state index contributed by atoms with van der Waals surface area (Å²) in [6.45, 7) is 0. The summed E-state index contributed by atoms with van der Waals surface area (Å²) in [6.07, 6.45) is 2.96. The average Bonchev–Trinajstić information content (AvgIpc) is 2.77. The zero-order chi connectivity index (χ0) is 16.6. The van der Waals surface area contributed by atoms with E-state index in [4.69, 9.17) is 0 Å². The summed E-state index contributed by atoms with van der Waals surface area (Å²) in [5.74, 6) is -0.728. The van der Waals surface area contributed by atoms with Gasteiger partial charge in [-0.3, -0.25) is 9.59 Å². The maximum absolute atomic E-state index is 12.7. The lowest BCUT2D eigenvalue weighted by atomic mass is 10.0. The van der Waals surface area contributed by atoms with E-state index < -0.39 is 9.73 Å². The van der Waals surface area contributed by atoms with Gasteiger partial charge in [-0.2, -0.15) is 4.36 Å². The lowest BCUT2D eigenvalue weighted by molar-refractivity contribution is 0.0990. The molecule has 5 heteroatoms. The third-order valence-corrected chi connectivity index (χ3v) is 4.09. The van der Waals surface area contributed by atoms with E-state index in [2.05, 4.69) is 4.36 Å². The van der Waals surface area contributed by atoms with Crippen LogP contribution in [0.15, 0.2) is 64.5 Å². The molecule has 0 saturated carbocycles. The number of carbonyl (C=O) groups excluding carboxylic acids is 2. The number of fused-ring (bicyclic) bond motifs is 1. The average molecular weight is 325 g/mol. The van der Waals surface area contributed by atoms with Gasteiger partial charge in [-0.15, -0.1) is 0 Å². The summed E-state index contributed by atoms with van der Waals surface area (Å²) < 4.78 is 16.4. The molecule has 0 saturated heterocycles. The molecular weight excluding hydrogens is 310 g/mol. The van der Waals surface area contributed by atoms with Gasteiger partial charge in [-0.25, -0.2) is 4.21 Å². The highest BCUT2D eigenvalue weighted by molar-refractivity contribution is 7.92. The van der Waals surface area contributed by atoms with Gasteiger partial charge in [-0.05, 0) is 0 Å². The van der Waals surface area contributed by atoms with Gasteiger partial charge < -0.3 is 0 Å². The van der Waals surface area contributed by atoms with E-state index in [1.54, 1.807) is 48.5 Å². The van der Waals surface area contributed by atoms with Crippen molar-refractivity contribution in [2.75, 3.05) is 12.5 Å². The summed E-state index contributed by atoms with van der Waals surface area (Å²) >= 11 is 0. The monoisotopic (exact) mass is 325 g/mol. The molecule has 3 rings (SSSR count). The highest BCUT2D eigenvalue weighted by atomic mass is 32.2. The van der Waals surface area contributed by atoms with Crippen molar-refractivity contribution in [1.29, 1.82) is 0 Å². The highest BCUT2D eigenvalue weighted by Gasteiger charge is 2.36. The molecule has 0 unspecified atom stereocenters. The van der Waals surface area contributed by atoms with E-state index in [1.807, 2.05) is 6.07 Å². The minimum absolute atomic E-state index is 0.00572. The number of allylic oxidation sites excluding steroid dienone is 1. The summed E-state index contributed by atoms with van der Waals surface area (Å²) in [7, 11) is -2.53. The van der Waals surface area contributed by atoms with Crippen molar-refractivity contribution in [2.45, 2.75) is 0 Å². The number of hydrogen-bond acceptors (Lipinski definition) is 4. The molecule has 0 radical (unpaired) electrons. The summed E-state index contributed by atoms with van der Waals surface area (Å²) in [5, 5.41) is 0. The molecular formula is C18H15NO3S. The van der Waals surface area contributed by atoms with Crippen LogP contribution in [-0.2, 0) is 9.73 Å². The molecule has 1 aliphatic rings. The van der Waals surface area contributed by atoms with Crippen LogP contribution >= 0.6 is 0 Å². The number of hydrogen-bond donors (Lipinski definition) is 0. The molecule has 2 aromatic rings. The van der Waals surface area contributed by atoms with Crippen molar-refractivity contribution in [3.63, 3.8) is 0 Å². The van der Waals surface area contributed by atoms with Gasteiger partial charge in [0.2, 0.25) is 0 Å². The number of rotatable bonds is 2. The van der Waals surface area contributed by atoms with E-state index in [-0.39, 0.29) is 22.8 Å². The van der Waals surface area contributed by atoms with Crippen molar-refractivity contribution in [2.24, 2.45) is 4.36 Å². The van der Waals surface area contributed by atoms with E-state index in [0.717, 1.165) is 0 Å². The minimum atomic E-state index is -2.53.